The minimum atomic E-state index is 0.449. The van der Waals surface area contributed by atoms with Crippen molar-refractivity contribution in [2.75, 3.05) is 0 Å². The average Bonchev–Trinajstić information content (AvgIpc) is 2.85. The fourth-order valence-corrected chi connectivity index (χ4v) is 3.79. The third kappa shape index (κ3) is 1.81. The van der Waals surface area contributed by atoms with Crippen molar-refractivity contribution in [1.29, 1.82) is 0 Å². The van der Waals surface area contributed by atoms with Crippen molar-refractivity contribution in [3.8, 4) is 0 Å². The summed E-state index contributed by atoms with van der Waals surface area (Å²) < 4.78 is 2.39. The van der Waals surface area contributed by atoms with Gasteiger partial charge in [-0.3, -0.25) is 4.79 Å². The van der Waals surface area contributed by atoms with Crippen LogP contribution in [-0.4, -0.2) is 10.4 Å². The lowest BCUT2D eigenvalue weighted by atomic mass is 9.82. The average molecular weight is 253 g/mol. The topological polar surface area (TPSA) is 22.0 Å². The van der Waals surface area contributed by atoms with Crippen molar-refractivity contribution in [3.63, 3.8) is 0 Å². The largest absolute Gasteiger partial charge is 0.347 e. The van der Waals surface area contributed by atoms with E-state index in [4.69, 9.17) is 0 Å². The molecule has 2 nitrogen and oxygen atoms in total. The van der Waals surface area contributed by atoms with E-state index < -0.39 is 0 Å². The second-order valence-electron chi connectivity index (χ2n) is 6.04. The fraction of sp³-hybridized carbons (Fsp3) is 0.471. The van der Waals surface area contributed by atoms with Gasteiger partial charge in [-0.2, -0.15) is 0 Å². The quantitative estimate of drug-likeness (QED) is 0.757. The number of carbonyl (C=O) groups excluding carboxylic acids is 1. The third-order valence-corrected chi connectivity index (χ3v) is 4.82. The van der Waals surface area contributed by atoms with Crippen LogP contribution in [0, 0.1) is 0 Å². The van der Waals surface area contributed by atoms with Gasteiger partial charge in [-0.15, -0.1) is 0 Å². The molecular formula is C17H19NO. The van der Waals surface area contributed by atoms with E-state index in [0.717, 1.165) is 32.2 Å². The van der Waals surface area contributed by atoms with Crippen LogP contribution < -0.4 is 0 Å². The maximum atomic E-state index is 11.4. The molecule has 2 aromatic rings. The zero-order valence-electron chi connectivity index (χ0n) is 11.2. The first kappa shape index (κ1) is 11.3. The zero-order valence-corrected chi connectivity index (χ0v) is 11.2. The normalized spacial score (nSPS) is 20.1. The summed E-state index contributed by atoms with van der Waals surface area (Å²) in [6.07, 6.45) is 8.33. The predicted molar refractivity (Wildman–Crippen MR) is 76.5 cm³/mol. The molecule has 2 heterocycles. The van der Waals surface area contributed by atoms with Crippen LogP contribution in [0.25, 0.3) is 10.9 Å². The molecule has 19 heavy (non-hydrogen) atoms. The van der Waals surface area contributed by atoms with Crippen LogP contribution in [0.3, 0.4) is 0 Å². The highest BCUT2D eigenvalue weighted by molar-refractivity contribution is 5.85. The molecule has 0 amide bonds. The van der Waals surface area contributed by atoms with E-state index in [1.165, 1.54) is 34.9 Å². The van der Waals surface area contributed by atoms with Crippen LogP contribution in [0.2, 0.25) is 0 Å². The van der Waals surface area contributed by atoms with E-state index in [9.17, 15) is 4.79 Å². The molecule has 1 saturated carbocycles. The number of nitrogens with zero attached hydrogens (tertiary/aromatic N) is 1. The smallest absolute Gasteiger partial charge is 0.132 e. The first-order chi connectivity index (χ1) is 9.31. The lowest BCUT2D eigenvalue weighted by molar-refractivity contribution is -0.120. The Kier molecular flexibility index (Phi) is 2.51. The van der Waals surface area contributed by atoms with Gasteiger partial charge in [0.25, 0.3) is 0 Å². The Morgan fingerprint density at radius 2 is 1.95 bits per heavy atom. The van der Waals surface area contributed by atoms with Crippen LogP contribution in [0.1, 0.15) is 49.1 Å². The van der Waals surface area contributed by atoms with E-state index in [2.05, 4.69) is 29.0 Å². The molecule has 1 aromatic heterocycles. The number of carbonyl (C=O) groups is 1. The van der Waals surface area contributed by atoms with Gasteiger partial charge in [0.1, 0.15) is 5.78 Å². The Hall–Kier alpha value is -1.57. The summed E-state index contributed by atoms with van der Waals surface area (Å²) in [5.74, 6) is 1.05. The summed E-state index contributed by atoms with van der Waals surface area (Å²) in [5.41, 5.74) is 4.43. The third-order valence-electron chi connectivity index (χ3n) is 4.82. The van der Waals surface area contributed by atoms with Gasteiger partial charge in [0.15, 0.2) is 0 Å². The highest BCUT2D eigenvalue weighted by Gasteiger charge is 2.22. The molecule has 0 saturated heterocycles. The minimum absolute atomic E-state index is 0.449. The van der Waals surface area contributed by atoms with E-state index in [-0.39, 0.29) is 0 Å². The molecule has 0 unspecified atom stereocenters. The highest BCUT2D eigenvalue weighted by Crippen LogP contribution is 2.35. The van der Waals surface area contributed by atoms with Gasteiger partial charge in [0.05, 0.1) is 5.52 Å². The number of aryl methyl sites for hydroxylation is 2. The number of rotatable bonds is 1. The second-order valence-corrected chi connectivity index (χ2v) is 6.04. The Morgan fingerprint density at radius 1 is 1.11 bits per heavy atom. The molecule has 0 bridgehead atoms. The summed E-state index contributed by atoms with van der Waals surface area (Å²) in [7, 11) is 0. The minimum Gasteiger partial charge on any atom is -0.347 e. The van der Waals surface area contributed by atoms with Crippen molar-refractivity contribution in [2.45, 2.75) is 51.0 Å². The summed E-state index contributed by atoms with van der Waals surface area (Å²) >= 11 is 0. The molecule has 0 radical (unpaired) electrons. The summed E-state index contributed by atoms with van der Waals surface area (Å²) in [6.45, 7) is 1.16. The van der Waals surface area contributed by atoms with Crippen molar-refractivity contribution in [2.24, 2.45) is 0 Å². The Bertz CT molecular complexity index is 643. The zero-order chi connectivity index (χ0) is 12.8. The number of benzene rings is 1. The lowest BCUT2D eigenvalue weighted by Crippen LogP contribution is -2.13. The molecule has 4 rings (SSSR count). The molecule has 98 valence electrons. The molecule has 2 aliphatic rings. The van der Waals surface area contributed by atoms with Gasteiger partial charge >= 0.3 is 0 Å². The van der Waals surface area contributed by atoms with Gasteiger partial charge in [-0.05, 0) is 54.9 Å². The second kappa shape index (κ2) is 4.22. The highest BCUT2D eigenvalue weighted by atomic mass is 16.1. The summed E-state index contributed by atoms with van der Waals surface area (Å²) in [4.78, 5) is 11.4. The molecule has 1 aliphatic heterocycles. The van der Waals surface area contributed by atoms with E-state index in [0.29, 0.717) is 11.7 Å². The van der Waals surface area contributed by atoms with Gasteiger partial charge in [0, 0.05) is 31.0 Å². The predicted octanol–water partition coefficient (Wildman–Crippen LogP) is 3.81. The van der Waals surface area contributed by atoms with E-state index in [1.807, 2.05) is 0 Å². The van der Waals surface area contributed by atoms with Crippen molar-refractivity contribution >= 4 is 16.7 Å². The van der Waals surface area contributed by atoms with Crippen LogP contribution in [0.15, 0.2) is 24.4 Å². The van der Waals surface area contributed by atoms with E-state index in [1.54, 1.807) is 0 Å². The molecule has 1 aromatic carbocycles. The number of Topliss-reactive ketones (excluding diaryl/α,β-unsaturated/α-hetero) is 1. The van der Waals surface area contributed by atoms with Gasteiger partial charge in [0.2, 0.25) is 0 Å². The summed E-state index contributed by atoms with van der Waals surface area (Å²) in [6, 6.07) is 7.03. The van der Waals surface area contributed by atoms with Gasteiger partial charge in [-0.1, -0.05) is 6.07 Å². The molecule has 0 spiro atoms. The maximum Gasteiger partial charge on any atom is 0.132 e. The lowest BCUT2D eigenvalue weighted by Gasteiger charge is -2.23. The Labute approximate surface area is 113 Å². The summed E-state index contributed by atoms with van der Waals surface area (Å²) in [5, 5.41) is 1.39. The Balaban J connectivity index is 1.77. The first-order valence-electron chi connectivity index (χ1n) is 7.44. The maximum absolute atomic E-state index is 11.4. The number of ketones is 1. The molecule has 2 heteroatoms. The van der Waals surface area contributed by atoms with Gasteiger partial charge < -0.3 is 4.57 Å². The number of hydrogen-bond acceptors (Lipinski definition) is 1. The van der Waals surface area contributed by atoms with Crippen LogP contribution in [0.5, 0.6) is 0 Å². The first-order valence-corrected chi connectivity index (χ1v) is 7.44. The van der Waals surface area contributed by atoms with Crippen LogP contribution >= 0.6 is 0 Å². The van der Waals surface area contributed by atoms with Crippen molar-refractivity contribution in [1.82, 2.24) is 4.57 Å². The van der Waals surface area contributed by atoms with Gasteiger partial charge in [-0.25, -0.2) is 0 Å². The molecular weight excluding hydrogens is 234 g/mol. The van der Waals surface area contributed by atoms with Crippen LogP contribution in [-0.2, 0) is 17.8 Å². The number of hydrogen-bond donors (Lipinski definition) is 0. The molecule has 0 atom stereocenters. The monoisotopic (exact) mass is 253 g/mol. The standard InChI is InChI=1S/C17H19NO/c19-16-5-3-12(4-6-16)15-10-13-2-1-8-18-9-7-14(11-15)17(13)18/h7,9-12H,1-6,8H2. The van der Waals surface area contributed by atoms with E-state index >= 15 is 0 Å². The van der Waals surface area contributed by atoms with Crippen molar-refractivity contribution in [3.05, 3.63) is 35.5 Å². The molecule has 1 aliphatic carbocycles. The number of aromatic nitrogens is 1. The SMILES string of the molecule is O=C1CCC(c2cc3c4c(ccn4CCC3)c2)CC1. The molecule has 0 N–H and O–H groups in total. The van der Waals surface area contributed by atoms with Crippen molar-refractivity contribution < 1.29 is 4.79 Å². The Morgan fingerprint density at radius 3 is 2.79 bits per heavy atom. The van der Waals surface area contributed by atoms with Crippen LogP contribution in [0.4, 0.5) is 0 Å². The molecule has 1 fully saturated rings. The fourth-order valence-electron chi connectivity index (χ4n) is 3.79.